The summed E-state index contributed by atoms with van der Waals surface area (Å²) in [5.74, 6) is -4.92. The third kappa shape index (κ3) is 5.46. The summed E-state index contributed by atoms with van der Waals surface area (Å²) >= 11 is 0. The van der Waals surface area contributed by atoms with Gasteiger partial charge in [-0.2, -0.15) is 13.2 Å². The molecule has 1 heterocycles. The van der Waals surface area contributed by atoms with E-state index < -0.39 is 59.3 Å². The van der Waals surface area contributed by atoms with E-state index in [4.69, 9.17) is 0 Å². The Bertz CT molecular complexity index is 966. The average Bonchev–Trinajstić information content (AvgIpc) is 3.38. The maximum atomic E-state index is 14.0. The number of carbonyl (C=O) groups is 1. The molecule has 1 aromatic carbocycles. The number of alkyl halides is 3. The lowest BCUT2D eigenvalue weighted by molar-refractivity contribution is -0.154. The number of ether oxygens (including phenoxy) is 1. The molecule has 0 spiro atoms. The Morgan fingerprint density at radius 2 is 1.81 bits per heavy atom. The highest BCUT2D eigenvalue weighted by Gasteiger charge is 2.48. The number of aromatic nitrogens is 1. The van der Waals surface area contributed by atoms with Crippen LogP contribution in [0.25, 0.3) is 0 Å². The minimum Gasteiger partial charge on any atom is -0.468 e. The highest BCUT2D eigenvalue weighted by atomic mass is 19.4. The van der Waals surface area contributed by atoms with E-state index in [9.17, 15) is 36.2 Å². The van der Waals surface area contributed by atoms with Gasteiger partial charge in [0.2, 0.25) is 11.8 Å². The molecular weight excluding hydrogens is 430 g/mol. The molecule has 0 radical (unpaired) electrons. The van der Waals surface area contributed by atoms with Crippen molar-refractivity contribution in [2.75, 3.05) is 6.61 Å². The van der Waals surface area contributed by atoms with E-state index in [1.807, 2.05) is 0 Å². The average molecular weight is 448 g/mol. The topological polar surface area (TPSA) is 71.5 Å². The van der Waals surface area contributed by atoms with E-state index in [2.05, 4.69) is 15.0 Å². The molecule has 1 aliphatic rings. The van der Waals surface area contributed by atoms with Crippen molar-refractivity contribution in [1.82, 2.24) is 10.3 Å². The van der Waals surface area contributed by atoms with Crippen LogP contribution in [0.5, 0.6) is 5.88 Å². The number of halogens is 6. The number of aliphatic hydroxyl groups is 1. The lowest BCUT2D eigenvalue weighted by Gasteiger charge is -2.26. The second-order valence-electron chi connectivity index (χ2n) is 7.59. The Labute approximate surface area is 173 Å². The van der Waals surface area contributed by atoms with Crippen LogP contribution in [0, 0.1) is 17.5 Å². The molecule has 2 aromatic rings. The fourth-order valence-electron chi connectivity index (χ4n) is 3.26. The monoisotopic (exact) mass is 448 g/mol. The van der Waals surface area contributed by atoms with Crippen molar-refractivity contribution in [2.45, 2.75) is 43.5 Å². The second-order valence-corrected chi connectivity index (χ2v) is 7.59. The normalized spacial score (nSPS) is 17.0. The molecule has 2 N–H and O–H groups in total. The lowest BCUT2D eigenvalue weighted by atomic mass is 9.90. The summed E-state index contributed by atoms with van der Waals surface area (Å²) in [4.78, 5) is 16.5. The Hall–Kier alpha value is -2.82. The van der Waals surface area contributed by atoms with Crippen LogP contribution in [-0.4, -0.2) is 28.8 Å². The summed E-state index contributed by atoms with van der Waals surface area (Å²) in [6.07, 6.45) is -4.47. The molecule has 0 saturated heterocycles. The van der Waals surface area contributed by atoms with Crippen molar-refractivity contribution in [3.05, 3.63) is 59.0 Å². The van der Waals surface area contributed by atoms with Gasteiger partial charge in [-0.25, -0.2) is 18.2 Å². The van der Waals surface area contributed by atoms with Crippen molar-refractivity contribution in [3.8, 4) is 5.88 Å². The molecule has 0 unspecified atom stereocenters. The Morgan fingerprint density at radius 3 is 2.35 bits per heavy atom. The van der Waals surface area contributed by atoms with Gasteiger partial charge in [0.25, 0.3) is 0 Å². The van der Waals surface area contributed by atoms with E-state index in [-0.39, 0.29) is 11.6 Å². The predicted octanol–water partition coefficient (Wildman–Crippen LogP) is 3.84. The van der Waals surface area contributed by atoms with Crippen molar-refractivity contribution in [2.24, 2.45) is 0 Å². The number of amides is 1. The SMILES string of the molecule is C[C@](O)(CC(=O)NC1(c2cccc(OCC(F)(F)F)n2)CC1)c1c(F)cc(F)cc1F. The Morgan fingerprint density at radius 1 is 1.19 bits per heavy atom. The first-order chi connectivity index (χ1) is 14.3. The van der Waals surface area contributed by atoms with Gasteiger partial charge in [-0.3, -0.25) is 4.79 Å². The Balaban J connectivity index is 1.72. The molecule has 1 amide bonds. The standard InChI is InChI=1S/C20H18F6N2O3/c1-18(30,17-12(22)7-11(21)8-13(17)23)9-15(29)28-19(5-6-19)14-3-2-4-16(27-14)31-10-20(24,25)26/h2-4,7-8,30H,5-6,9-10H2,1H3,(H,28,29)/t18-/m0/s1. The van der Waals surface area contributed by atoms with Crippen LogP contribution in [0.1, 0.15) is 37.4 Å². The second kappa shape index (κ2) is 8.03. The molecule has 168 valence electrons. The van der Waals surface area contributed by atoms with Crippen LogP contribution < -0.4 is 10.1 Å². The number of carbonyl (C=O) groups excluding carboxylic acids is 1. The van der Waals surface area contributed by atoms with Crippen molar-refractivity contribution >= 4 is 5.91 Å². The van der Waals surface area contributed by atoms with Crippen molar-refractivity contribution < 1.29 is 41.0 Å². The zero-order valence-electron chi connectivity index (χ0n) is 16.2. The maximum Gasteiger partial charge on any atom is 0.422 e. The number of nitrogens with one attached hydrogen (secondary N) is 1. The number of hydrogen-bond acceptors (Lipinski definition) is 4. The quantitative estimate of drug-likeness (QED) is 0.632. The first-order valence-corrected chi connectivity index (χ1v) is 9.17. The van der Waals surface area contributed by atoms with Gasteiger partial charge in [0.15, 0.2) is 6.61 Å². The summed E-state index contributed by atoms with van der Waals surface area (Å²) in [5, 5.41) is 13.1. The van der Waals surface area contributed by atoms with Gasteiger partial charge in [-0.05, 0) is 25.8 Å². The fraction of sp³-hybridized carbons (Fsp3) is 0.400. The van der Waals surface area contributed by atoms with Gasteiger partial charge in [0.1, 0.15) is 23.1 Å². The van der Waals surface area contributed by atoms with Gasteiger partial charge < -0.3 is 15.2 Å². The molecule has 0 aliphatic heterocycles. The van der Waals surface area contributed by atoms with Crippen LogP contribution >= 0.6 is 0 Å². The van der Waals surface area contributed by atoms with Gasteiger partial charge >= 0.3 is 6.18 Å². The van der Waals surface area contributed by atoms with Crippen molar-refractivity contribution in [3.63, 3.8) is 0 Å². The minimum absolute atomic E-state index is 0.249. The highest BCUT2D eigenvalue weighted by molar-refractivity contribution is 5.78. The number of benzene rings is 1. The van der Waals surface area contributed by atoms with E-state index in [0.29, 0.717) is 25.0 Å². The number of rotatable bonds is 7. The molecule has 1 saturated carbocycles. The molecule has 11 heteroatoms. The summed E-state index contributed by atoms with van der Waals surface area (Å²) in [6.45, 7) is -0.518. The fourth-order valence-corrected chi connectivity index (χ4v) is 3.26. The molecule has 1 fully saturated rings. The van der Waals surface area contributed by atoms with Crippen molar-refractivity contribution in [1.29, 1.82) is 0 Å². The smallest absolute Gasteiger partial charge is 0.422 e. The third-order valence-electron chi connectivity index (χ3n) is 4.78. The van der Waals surface area contributed by atoms with Gasteiger partial charge in [-0.15, -0.1) is 0 Å². The molecule has 1 aromatic heterocycles. The van der Waals surface area contributed by atoms with Crippen LogP contribution in [0.4, 0.5) is 26.3 Å². The molecule has 5 nitrogen and oxygen atoms in total. The van der Waals surface area contributed by atoms with E-state index in [1.54, 1.807) is 0 Å². The Kier molecular flexibility index (Phi) is 5.92. The third-order valence-corrected chi connectivity index (χ3v) is 4.78. The van der Waals surface area contributed by atoms with Crippen LogP contribution in [0.3, 0.4) is 0 Å². The van der Waals surface area contributed by atoms with Gasteiger partial charge in [-0.1, -0.05) is 6.07 Å². The minimum atomic E-state index is -4.54. The molecule has 3 rings (SSSR count). The predicted molar refractivity (Wildman–Crippen MR) is 95.3 cm³/mol. The van der Waals surface area contributed by atoms with E-state index in [0.717, 1.165) is 6.92 Å². The number of nitrogens with zero attached hydrogens (tertiary/aromatic N) is 1. The summed E-state index contributed by atoms with van der Waals surface area (Å²) in [6, 6.07) is 4.93. The van der Waals surface area contributed by atoms with Crippen LogP contribution in [0.15, 0.2) is 30.3 Å². The molecule has 31 heavy (non-hydrogen) atoms. The van der Waals surface area contributed by atoms with Crippen LogP contribution in [0.2, 0.25) is 0 Å². The first kappa shape index (κ1) is 22.9. The number of pyridine rings is 1. The molecular formula is C20H18F6N2O3. The van der Waals surface area contributed by atoms with E-state index >= 15 is 0 Å². The first-order valence-electron chi connectivity index (χ1n) is 9.17. The highest BCUT2D eigenvalue weighted by Crippen LogP contribution is 2.45. The summed E-state index contributed by atoms with van der Waals surface area (Å²) in [7, 11) is 0. The molecule has 0 bridgehead atoms. The largest absolute Gasteiger partial charge is 0.468 e. The van der Waals surface area contributed by atoms with E-state index in [1.165, 1.54) is 18.2 Å². The van der Waals surface area contributed by atoms with Gasteiger partial charge in [0, 0.05) is 18.2 Å². The zero-order chi connectivity index (χ0) is 23.0. The van der Waals surface area contributed by atoms with Crippen LogP contribution in [-0.2, 0) is 15.9 Å². The molecule has 1 aliphatic carbocycles. The number of hydrogen-bond donors (Lipinski definition) is 2. The summed E-state index contributed by atoms with van der Waals surface area (Å²) < 4.78 is 82.7. The summed E-state index contributed by atoms with van der Waals surface area (Å²) in [5.41, 5.74) is -3.88. The zero-order valence-corrected chi connectivity index (χ0v) is 16.2. The molecule has 1 atom stereocenters. The van der Waals surface area contributed by atoms with Gasteiger partial charge in [0.05, 0.1) is 23.2 Å². The lowest BCUT2D eigenvalue weighted by Crippen LogP contribution is -2.40. The maximum absolute atomic E-state index is 14.0.